The van der Waals surface area contributed by atoms with Crippen molar-refractivity contribution in [3.63, 3.8) is 0 Å². The Kier molecular flexibility index (Phi) is 8.14. The van der Waals surface area contributed by atoms with Crippen LogP contribution in [0.3, 0.4) is 0 Å². The van der Waals surface area contributed by atoms with Gasteiger partial charge in [-0.2, -0.15) is 18.3 Å². The number of thiophene rings is 1. The number of carboxylic acids is 1. The molecule has 2 fully saturated rings. The molecule has 4 aromatic rings. The van der Waals surface area contributed by atoms with E-state index < -0.39 is 23.4 Å². The van der Waals surface area contributed by atoms with Crippen molar-refractivity contribution >= 4 is 34.8 Å². The number of carbonyl (C=O) groups excluding carboxylic acids is 1. The number of aryl methyl sites for hydroxylation is 1. The molecule has 0 spiro atoms. The molecule has 44 heavy (non-hydrogen) atoms. The Morgan fingerprint density at radius 2 is 1.86 bits per heavy atom. The summed E-state index contributed by atoms with van der Waals surface area (Å²) in [6.07, 6.45) is -0.404. The number of hydrogen-bond donors (Lipinski definition) is 1. The summed E-state index contributed by atoms with van der Waals surface area (Å²) in [7, 11) is 0. The average molecular weight is 645 g/mol. The molecule has 1 saturated carbocycles. The third-order valence-electron chi connectivity index (χ3n) is 8.02. The van der Waals surface area contributed by atoms with Gasteiger partial charge in [0.15, 0.2) is 11.5 Å². The van der Waals surface area contributed by atoms with Crippen molar-refractivity contribution < 1.29 is 32.6 Å². The van der Waals surface area contributed by atoms with E-state index in [0.29, 0.717) is 48.9 Å². The Bertz CT molecular complexity index is 1720. The number of rotatable bonds is 8. The summed E-state index contributed by atoms with van der Waals surface area (Å²) in [5, 5.41) is 12.9. The molecule has 13 heteroatoms. The first-order chi connectivity index (χ1) is 21.0. The molecule has 8 nitrogen and oxygen atoms in total. The van der Waals surface area contributed by atoms with Gasteiger partial charge in [0.05, 0.1) is 21.1 Å². The van der Waals surface area contributed by atoms with Gasteiger partial charge in [0.1, 0.15) is 17.9 Å². The van der Waals surface area contributed by atoms with E-state index in [-0.39, 0.29) is 18.3 Å². The SMILES string of the molecule is Cc1cc(C2CCN(C(=O)C3CC3)CC2)ccc1OCc1cc(Cl)sc1-c1cccc(-n2ncc(C(=O)O)c2C(F)(F)F)n1. The number of ether oxygens (including phenoxy) is 1. The molecule has 2 aliphatic rings. The summed E-state index contributed by atoms with van der Waals surface area (Å²) in [4.78, 5) is 30.8. The van der Waals surface area contributed by atoms with Crippen LogP contribution in [0.15, 0.2) is 48.7 Å². The normalized spacial score (nSPS) is 15.9. The molecule has 1 aliphatic heterocycles. The van der Waals surface area contributed by atoms with Crippen molar-refractivity contribution in [2.45, 2.75) is 51.3 Å². The fourth-order valence-corrected chi connectivity index (χ4v) is 6.83. The predicted octanol–water partition coefficient (Wildman–Crippen LogP) is 7.37. The van der Waals surface area contributed by atoms with Gasteiger partial charge in [-0.05, 0) is 73.9 Å². The first-order valence-electron chi connectivity index (χ1n) is 14.2. The number of nitrogens with zero attached hydrogens (tertiary/aromatic N) is 4. The first-order valence-corrected chi connectivity index (χ1v) is 15.4. The number of alkyl halides is 3. The van der Waals surface area contributed by atoms with E-state index in [4.69, 9.17) is 16.3 Å². The number of piperidine rings is 1. The molecular weight excluding hydrogens is 617 g/mol. The van der Waals surface area contributed by atoms with Crippen molar-refractivity contribution in [3.05, 3.63) is 80.9 Å². The number of aromatic nitrogens is 3. The van der Waals surface area contributed by atoms with Crippen LogP contribution < -0.4 is 4.74 Å². The van der Waals surface area contributed by atoms with Crippen LogP contribution in [0.25, 0.3) is 16.4 Å². The number of likely N-dealkylation sites (tertiary alicyclic amines) is 1. The second-order valence-corrected chi connectivity index (χ2v) is 12.8. The molecule has 0 unspecified atom stereocenters. The molecule has 4 heterocycles. The highest BCUT2D eigenvalue weighted by molar-refractivity contribution is 7.19. The molecular formula is C31H28ClF3N4O4S. The summed E-state index contributed by atoms with van der Waals surface area (Å²) in [6, 6.07) is 12.3. The first kappa shape index (κ1) is 30.1. The molecule has 0 radical (unpaired) electrons. The summed E-state index contributed by atoms with van der Waals surface area (Å²) >= 11 is 7.55. The number of halogens is 4. The Morgan fingerprint density at radius 3 is 2.52 bits per heavy atom. The maximum atomic E-state index is 13.8. The van der Waals surface area contributed by atoms with Gasteiger partial charge in [0.2, 0.25) is 5.91 Å². The second kappa shape index (κ2) is 11.9. The minimum Gasteiger partial charge on any atom is -0.489 e. The summed E-state index contributed by atoms with van der Waals surface area (Å²) < 4.78 is 48.4. The van der Waals surface area contributed by atoms with Crippen LogP contribution in [0.1, 0.15) is 64.3 Å². The number of carboxylic acid groups (broad SMARTS) is 1. The highest BCUT2D eigenvalue weighted by Crippen LogP contribution is 2.39. The fraction of sp³-hybridized carbons (Fsp3) is 0.355. The number of aromatic carboxylic acids is 1. The quantitative estimate of drug-likeness (QED) is 0.215. The zero-order chi connectivity index (χ0) is 31.2. The molecule has 6 rings (SSSR count). The van der Waals surface area contributed by atoms with Gasteiger partial charge in [-0.15, -0.1) is 11.3 Å². The van der Waals surface area contributed by atoms with Crippen LogP contribution in [0, 0.1) is 12.8 Å². The Labute approximate surface area is 260 Å². The number of hydrogen-bond acceptors (Lipinski definition) is 6. The largest absolute Gasteiger partial charge is 0.489 e. The Morgan fingerprint density at radius 1 is 1.11 bits per heavy atom. The monoisotopic (exact) mass is 644 g/mol. The summed E-state index contributed by atoms with van der Waals surface area (Å²) in [5.41, 5.74) is 0.846. The van der Waals surface area contributed by atoms with Gasteiger partial charge in [0, 0.05) is 24.6 Å². The predicted molar refractivity (Wildman–Crippen MR) is 158 cm³/mol. The lowest BCUT2D eigenvalue weighted by Gasteiger charge is -2.32. The van der Waals surface area contributed by atoms with Crippen LogP contribution >= 0.6 is 22.9 Å². The summed E-state index contributed by atoms with van der Waals surface area (Å²) in [5.74, 6) is -0.304. The molecule has 1 saturated heterocycles. The molecule has 3 aromatic heterocycles. The smallest absolute Gasteiger partial charge is 0.434 e. The Balaban J connectivity index is 1.18. The summed E-state index contributed by atoms with van der Waals surface area (Å²) in [6.45, 7) is 3.69. The highest BCUT2D eigenvalue weighted by Gasteiger charge is 2.41. The van der Waals surface area contributed by atoms with Crippen molar-refractivity contribution in [1.29, 1.82) is 0 Å². The lowest BCUT2D eigenvalue weighted by atomic mass is 9.88. The van der Waals surface area contributed by atoms with Crippen LogP contribution in [0.5, 0.6) is 5.75 Å². The Hall–Kier alpha value is -3.90. The molecule has 0 atom stereocenters. The van der Waals surface area contributed by atoms with Crippen LogP contribution in [0.4, 0.5) is 13.2 Å². The third-order valence-corrected chi connectivity index (χ3v) is 9.35. The van der Waals surface area contributed by atoms with Gasteiger partial charge in [-0.1, -0.05) is 29.8 Å². The van der Waals surface area contributed by atoms with Gasteiger partial charge >= 0.3 is 12.1 Å². The van der Waals surface area contributed by atoms with Crippen molar-refractivity contribution in [2.24, 2.45) is 5.92 Å². The van der Waals surface area contributed by atoms with Gasteiger partial charge in [-0.3, -0.25) is 4.79 Å². The van der Waals surface area contributed by atoms with E-state index >= 15 is 0 Å². The molecule has 1 aliphatic carbocycles. The van der Waals surface area contributed by atoms with Crippen molar-refractivity contribution in [1.82, 2.24) is 19.7 Å². The lowest BCUT2D eigenvalue weighted by Crippen LogP contribution is -2.38. The number of amides is 1. The minimum absolute atomic E-state index is 0.144. The maximum absolute atomic E-state index is 13.8. The van der Waals surface area contributed by atoms with E-state index in [0.717, 1.165) is 44.3 Å². The van der Waals surface area contributed by atoms with E-state index in [2.05, 4.69) is 22.2 Å². The van der Waals surface area contributed by atoms with Crippen LogP contribution in [-0.2, 0) is 17.6 Å². The third kappa shape index (κ3) is 6.18. The van der Waals surface area contributed by atoms with E-state index in [9.17, 15) is 27.9 Å². The van der Waals surface area contributed by atoms with Gasteiger partial charge in [-0.25, -0.2) is 14.5 Å². The molecule has 1 aromatic carbocycles. The zero-order valence-electron chi connectivity index (χ0n) is 23.6. The number of pyridine rings is 1. The molecule has 0 bridgehead atoms. The zero-order valence-corrected chi connectivity index (χ0v) is 25.2. The molecule has 1 amide bonds. The molecule has 1 N–H and O–H groups in total. The maximum Gasteiger partial charge on any atom is 0.434 e. The number of carbonyl (C=O) groups is 2. The average Bonchev–Trinajstić information content (AvgIpc) is 3.62. The van der Waals surface area contributed by atoms with Gasteiger partial charge < -0.3 is 14.7 Å². The topological polar surface area (TPSA) is 97.6 Å². The van der Waals surface area contributed by atoms with Gasteiger partial charge in [0.25, 0.3) is 0 Å². The lowest BCUT2D eigenvalue weighted by molar-refractivity contribution is -0.143. The van der Waals surface area contributed by atoms with E-state index in [1.165, 1.54) is 29.0 Å². The standard InChI is InChI=1S/C31H28ClF3N4O4S/c1-17-13-20(18-9-11-38(12-10-18)29(40)19-5-6-19)7-8-24(17)43-16-21-14-25(32)44-27(21)23-3-2-4-26(37-23)39-28(31(33,34)35)22(15-36-39)30(41)42/h2-4,7-8,13-15,18-19H,5-6,9-12,16H2,1H3,(H,41,42). The van der Waals surface area contributed by atoms with E-state index in [1.54, 1.807) is 12.1 Å². The minimum atomic E-state index is -4.97. The number of benzene rings is 1. The fourth-order valence-electron chi connectivity index (χ4n) is 5.60. The van der Waals surface area contributed by atoms with Crippen LogP contribution in [0.2, 0.25) is 4.34 Å². The second-order valence-electron chi connectivity index (χ2n) is 11.1. The van der Waals surface area contributed by atoms with E-state index in [1.807, 2.05) is 17.9 Å². The van der Waals surface area contributed by atoms with Crippen molar-refractivity contribution in [2.75, 3.05) is 13.1 Å². The van der Waals surface area contributed by atoms with Crippen LogP contribution in [-0.4, -0.2) is 49.7 Å². The molecule has 230 valence electrons. The highest BCUT2D eigenvalue weighted by atomic mass is 35.5. The van der Waals surface area contributed by atoms with Crippen molar-refractivity contribution in [3.8, 4) is 22.1 Å².